The molecule has 0 aliphatic heterocycles. The van der Waals surface area contributed by atoms with Crippen LogP contribution in [0.25, 0.3) is 0 Å². The fourth-order valence-electron chi connectivity index (χ4n) is 2.76. The van der Waals surface area contributed by atoms with Crippen molar-refractivity contribution in [1.29, 1.82) is 0 Å². The van der Waals surface area contributed by atoms with Crippen LogP contribution in [0.1, 0.15) is 39.5 Å². The Morgan fingerprint density at radius 1 is 1.30 bits per heavy atom. The zero-order chi connectivity index (χ0) is 17.1. The van der Waals surface area contributed by atoms with Crippen LogP contribution in [-0.4, -0.2) is 24.9 Å². The van der Waals surface area contributed by atoms with Gasteiger partial charge in [-0.1, -0.05) is 32.0 Å². The summed E-state index contributed by atoms with van der Waals surface area (Å²) in [5.41, 5.74) is 0. The molecule has 5 nitrogen and oxygen atoms in total. The van der Waals surface area contributed by atoms with E-state index in [1.165, 1.54) is 0 Å². The minimum Gasteiger partial charge on any atom is -0.611 e. The molecule has 0 aromatic heterocycles. The lowest BCUT2D eigenvalue weighted by Crippen LogP contribution is -2.31. The minimum atomic E-state index is -4.40. The number of benzene rings is 1. The standard InChI is InChI=1S/C16H23O5PS/c1-3-16(4-2,22(17,18)19)21-13-10-11-15(12-13)23(20)14-8-6-5-7-9-14/h5-10,15H,3-4,11-12H2,1-2H3,(H2,17,18,19). The lowest BCUT2D eigenvalue weighted by atomic mass is 10.2. The van der Waals surface area contributed by atoms with E-state index in [-0.39, 0.29) is 18.1 Å². The van der Waals surface area contributed by atoms with Gasteiger partial charge in [-0.15, -0.1) is 0 Å². The summed E-state index contributed by atoms with van der Waals surface area (Å²) in [4.78, 5) is 20.0. The smallest absolute Gasteiger partial charge is 0.368 e. The van der Waals surface area contributed by atoms with Crippen molar-refractivity contribution in [3.05, 3.63) is 42.2 Å². The first-order valence-corrected chi connectivity index (χ1v) is 10.5. The SMILES string of the molecule is CCC(CC)(OC1=CCC([S+]([O-])c2ccccc2)C1)P(=O)(O)O. The van der Waals surface area contributed by atoms with Gasteiger partial charge >= 0.3 is 7.60 Å². The van der Waals surface area contributed by atoms with Gasteiger partial charge in [0.1, 0.15) is 5.25 Å². The van der Waals surface area contributed by atoms with E-state index in [1.807, 2.05) is 30.3 Å². The molecule has 0 saturated heterocycles. The largest absolute Gasteiger partial charge is 0.611 e. The molecular formula is C16H23O5PS. The average Bonchev–Trinajstić information content (AvgIpc) is 3.00. The molecule has 1 aliphatic carbocycles. The molecule has 1 aliphatic rings. The molecule has 0 bridgehead atoms. The van der Waals surface area contributed by atoms with Crippen LogP contribution < -0.4 is 0 Å². The summed E-state index contributed by atoms with van der Waals surface area (Å²) in [5, 5.41) is -1.60. The fraction of sp³-hybridized carbons (Fsp3) is 0.500. The zero-order valence-corrected chi connectivity index (χ0v) is 15.1. The lowest BCUT2D eigenvalue weighted by Gasteiger charge is -2.33. The molecule has 2 N–H and O–H groups in total. The van der Waals surface area contributed by atoms with Gasteiger partial charge < -0.3 is 19.1 Å². The molecule has 0 fully saturated rings. The van der Waals surface area contributed by atoms with E-state index < -0.39 is 24.1 Å². The number of ether oxygens (including phenoxy) is 1. The molecule has 128 valence electrons. The van der Waals surface area contributed by atoms with Gasteiger partial charge in [0.25, 0.3) is 0 Å². The maximum absolute atomic E-state index is 12.6. The number of hydrogen-bond donors (Lipinski definition) is 2. The summed E-state index contributed by atoms with van der Waals surface area (Å²) in [6, 6.07) is 9.22. The highest BCUT2D eigenvalue weighted by atomic mass is 32.2. The summed E-state index contributed by atoms with van der Waals surface area (Å²) in [5.74, 6) is 0.534. The second-order valence-electron chi connectivity index (χ2n) is 5.64. The van der Waals surface area contributed by atoms with Gasteiger partial charge in [-0.05, 0) is 42.2 Å². The first-order chi connectivity index (χ1) is 10.8. The van der Waals surface area contributed by atoms with Crippen molar-refractivity contribution in [2.45, 2.75) is 55.0 Å². The van der Waals surface area contributed by atoms with Crippen molar-refractivity contribution < 1.29 is 23.6 Å². The minimum absolute atomic E-state index is 0.115. The molecule has 23 heavy (non-hydrogen) atoms. The molecular weight excluding hydrogens is 335 g/mol. The van der Waals surface area contributed by atoms with E-state index in [9.17, 15) is 18.9 Å². The Hall–Kier alpha value is -0.780. The van der Waals surface area contributed by atoms with Crippen LogP contribution in [0.15, 0.2) is 47.1 Å². The average molecular weight is 358 g/mol. The Kier molecular flexibility index (Phi) is 5.98. The Balaban J connectivity index is 2.06. The van der Waals surface area contributed by atoms with Gasteiger partial charge in [0.05, 0.1) is 12.2 Å². The third-order valence-corrected chi connectivity index (χ3v) is 7.76. The predicted octanol–water partition coefficient (Wildman–Crippen LogP) is 3.55. The predicted molar refractivity (Wildman–Crippen MR) is 90.4 cm³/mol. The van der Waals surface area contributed by atoms with Gasteiger partial charge in [-0.2, -0.15) is 0 Å². The molecule has 1 aromatic rings. The van der Waals surface area contributed by atoms with E-state index in [0.29, 0.717) is 18.6 Å². The maximum atomic E-state index is 12.6. The third kappa shape index (κ3) is 4.01. The molecule has 1 aromatic carbocycles. The Labute approximate surface area is 140 Å². The molecule has 0 amide bonds. The van der Waals surface area contributed by atoms with Crippen molar-refractivity contribution in [1.82, 2.24) is 0 Å². The highest BCUT2D eigenvalue weighted by Crippen LogP contribution is 2.56. The second-order valence-corrected chi connectivity index (χ2v) is 9.28. The summed E-state index contributed by atoms with van der Waals surface area (Å²) < 4.78 is 30.1. The highest BCUT2D eigenvalue weighted by Gasteiger charge is 2.47. The summed E-state index contributed by atoms with van der Waals surface area (Å²) >= 11 is -1.16. The van der Waals surface area contributed by atoms with Gasteiger partial charge in [-0.3, -0.25) is 4.57 Å². The second kappa shape index (κ2) is 7.41. The van der Waals surface area contributed by atoms with E-state index >= 15 is 0 Å². The van der Waals surface area contributed by atoms with Gasteiger partial charge in [-0.25, -0.2) is 0 Å². The zero-order valence-electron chi connectivity index (χ0n) is 13.3. The summed E-state index contributed by atoms with van der Waals surface area (Å²) in [6.07, 6.45) is 3.26. The van der Waals surface area contributed by atoms with Crippen LogP contribution in [-0.2, 0) is 20.5 Å². The molecule has 0 heterocycles. The monoisotopic (exact) mass is 358 g/mol. The van der Waals surface area contributed by atoms with E-state index in [0.717, 1.165) is 4.90 Å². The first kappa shape index (κ1) is 18.6. The maximum Gasteiger partial charge on any atom is 0.368 e. The van der Waals surface area contributed by atoms with Crippen LogP contribution in [0.2, 0.25) is 0 Å². The van der Waals surface area contributed by atoms with Crippen molar-refractivity contribution in [3.8, 4) is 0 Å². The lowest BCUT2D eigenvalue weighted by molar-refractivity contribution is 0.0398. The van der Waals surface area contributed by atoms with E-state index in [4.69, 9.17) is 4.74 Å². The Morgan fingerprint density at radius 2 is 1.91 bits per heavy atom. The first-order valence-electron chi connectivity index (χ1n) is 7.72. The van der Waals surface area contributed by atoms with E-state index in [2.05, 4.69) is 0 Å². The number of allylic oxidation sites excluding steroid dienone is 2. The quantitative estimate of drug-likeness (QED) is 0.575. The van der Waals surface area contributed by atoms with Crippen molar-refractivity contribution in [3.63, 3.8) is 0 Å². The molecule has 0 radical (unpaired) electrons. The molecule has 0 saturated carbocycles. The van der Waals surface area contributed by atoms with E-state index in [1.54, 1.807) is 19.9 Å². The Morgan fingerprint density at radius 3 is 2.43 bits per heavy atom. The third-order valence-electron chi connectivity index (χ3n) is 4.27. The van der Waals surface area contributed by atoms with Crippen molar-refractivity contribution in [2.24, 2.45) is 0 Å². The van der Waals surface area contributed by atoms with Crippen LogP contribution in [0.5, 0.6) is 0 Å². The van der Waals surface area contributed by atoms with Crippen molar-refractivity contribution in [2.75, 3.05) is 0 Å². The molecule has 2 unspecified atom stereocenters. The molecule has 7 heteroatoms. The van der Waals surface area contributed by atoms with Crippen LogP contribution in [0.4, 0.5) is 0 Å². The van der Waals surface area contributed by atoms with Crippen molar-refractivity contribution >= 4 is 18.8 Å². The molecule has 0 spiro atoms. The van der Waals surface area contributed by atoms with Gasteiger partial charge in [0, 0.05) is 6.42 Å². The summed E-state index contributed by atoms with van der Waals surface area (Å²) in [6.45, 7) is 3.41. The molecule has 2 atom stereocenters. The molecule has 2 rings (SSSR count). The van der Waals surface area contributed by atoms with Crippen LogP contribution >= 0.6 is 7.60 Å². The van der Waals surface area contributed by atoms with Gasteiger partial charge in [0.15, 0.2) is 4.90 Å². The normalized spacial score (nSPS) is 20.2. The number of rotatable bonds is 7. The fourth-order valence-corrected chi connectivity index (χ4v) is 5.21. The summed E-state index contributed by atoms with van der Waals surface area (Å²) in [7, 11) is -4.40. The van der Waals surface area contributed by atoms with Crippen LogP contribution in [0.3, 0.4) is 0 Å². The topological polar surface area (TPSA) is 89.8 Å². The highest BCUT2D eigenvalue weighted by molar-refractivity contribution is 7.92. The van der Waals surface area contributed by atoms with Crippen LogP contribution in [0, 0.1) is 0 Å². The number of hydrogen-bond acceptors (Lipinski definition) is 3. The Bertz CT molecular complexity index is 594. The van der Waals surface area contributed by atoms with Gasteiger partial charge in [0.2, 0.25) is 5.34 Å².